The molecule has 0 heterocycles. The average Bonchev–Trinajstić information content (AvgIpc) is 2.56. The van der Waals surface area contributed by atoms with Gasteiger partial charge in [-0.25, -0.2) is 0 Å². The first-order valence-corrected chi connectivity index (χ1v) is 7.60. The van der Waals surface area contributed by atoms with Crippen LogP contribution in [0.2, 0.25) is 0 Å². The van der Waals surface area contributed by atoms with Crippen molar-refractivity contribution in [2.75, 3.05) is 0 Å². The number of carbonyl (C=O) groups is 2. The number of nitrogens with one attached hydrogen (secondary N) is 1. The highest BCUT2D eigenvalue weighted by Gasteiger charge is 2.11. The fraction of sp³-hybridized carbons (Fsp3) is 0.158. The second kappa shape index (κ2) is 7.97. The summed E-state index contributed by atoms with van der Waals surface area (Å²) in [5.74, 6) is -0.363. The van der Waals surface area contributed by atoms with E-state index in [1.54, 1.807) is 48.5 Å². The van der Waals surface area contributed by atoms with Gasteiger partial charge >= 0.3 is 0 Å². The molecule has 0 aliphatic heterocycles. The summed E-state index contributed by atoms with van der Waals surface area (Å²) in [6.07, 6.45) is 1.61. The predicted octanol–water partition coefficient (Wildman–Crippen LogP) is 2.73. The van der Waals surface area contributed by atoms with Gasteiger partial charge < -0.3 is 15.8 Å². The summed E-state index contributed by atoms with van der Waals surface area (Å²) in [5, 5.41) is 2.54. The first-order chi connectivity index (χ1) is 11.5. The first kappa shape index (κ1) is 17.3. The smallest absolute Gasteiger partial charge is 0.265 e. The number of benzene rings is 2. The van der Waals surface area contributed by atoms with Crippen LogP contribution in [-0.2, 0) is 4.79 Å². The van der Waals surface area contributed by atoms with Crippen molar-refractivity contribution in [3.05, 3.63) is 71.4 Å². The Balaban J connectivity index is 2.16. The van der Waals surface area contributed by atoms with E-state index in [-0.39, 0.29) is 17.7 Å². The van der Waals surface area contributed by atoms with Crippen LogP contribution in [-0.4, -0.2) is 17.9 Å². The van der Waals surface area contributed by atoms with E-state index in [0.29, 0.717) is 5.56 Å². The van der Waals surface area contributed by atoms with Crippen LogP contribution in [0.3, 0.4) is 0 Å². The molecule has 0 aromatic heterocycles. The van der Waals surface area contributed by atoms with Crippen molar-refractivity contribution < 1.29 is 14.3 Å². The number of primary amides is 1. The number of carbonyl (C=O) groups excluding carboxylic acids is 2. The van der Waals surface area contributed by atoms with Crippen LogP contribution in [0, 0.1) is 0 Å². The Labute approximate surface area is 141 Å². The topological polar surface area (TPSA) is 81.4 Å². The summed E-state index contributed by atoms with van der Waals surface area (Å²) in [6.45, 7) is 3.89. The molecule has 0 saturated heterocycles. The van der Waals surface area contributed by atoms with Crippen molar-refractivity contribution in [2.24, 2.45) is 5.73 Å². The Hall–Kier alpha value is -3.08. The quantitative estimate of drug-likeness (QED) is 0.802. The lowest BCUT2D eigenvalue weighted by Crippen LogP contribution is -2.31. The largest absolute Gasteiger partial charge is 0.491 e. The SMILES string of the molecule is CC(C)Oc1ccc(C=C(NC(=O)c2ccccc2)C(N)=O)cc1. The summed E-state index contributed by atoms with van der Waals surface area (Å²) in [4.78, 5) is 23.7. The highest BCUT2D eigenvalue weighted by atomic mass is 16.5. The van der Waals surface area contributed by atoms with Crippen LogP contribution in [0.25, 0.3) is 6.08 Å². The lowest BCUT2D eigenvalue weighted by atomic mass is 10.1. The van der Waals surface area contributed by atoms with Crippen LogP contribution in [0.4, 0.5) is 0 Å². The molecule has 2 amide bonds. The van der Waals surface area contributed by atoms with Gasteiger partial charge in [0.25, 0.3) is 11.8 Å². The van der Waals surface area contributed by atoms with Crippen LogP contribution in [0.15, 0.2) is 60.3 Å². The minimum Gasteiger partial charge on any atom is -0.491 e. The van der Waals surface area contributed by atoms with Gasteiger partial charge in [0, 0.05) is 5.56 Å². The van der Waals surface area contributed by atoms with Gasteiger partial charge in [-0.3, -0.25) is 9.59 Å². The molecule has 24 heavy (non-hydrogen) atoms. The number of rotatable bonds is 6. The van der Waals surface area contributed by atoms with Gasteiger partial charge in [0.15, 0.2) is 0 Å². The third kappa shape index (κ3) is 4.98. The molecule has 0 saturated carbocycles. The normalized spacial score (nSPS) is 11.2. The van der Waals surface area contributed by atoms with Crippen molar-refractivity contribution in [1.29, 1.82) is 0 Å². The first-order valence-electron chi connectivity index (χ1n) is 7.60. The monoisotopic (exact) mass is 324 g/mol. The fourth-order valence-corrected chi connectivity index (χ4v) is 2.03. The summed E-state index contributed by atoms with van der Waals surface area (Å²) >= 11 is 0. The highest BCUT2D eigenvalue weighted by molar-refractivity contribution is 6.04. The Morgan fingerprint density at radius 1 is 1.04 bits per heavy atom. The van der Waals surface area contributed by atoms with Gasteiger partial charge in [0.05, 0.1) is 6.10 Å². The predicted molar refractivity (Wildman–Crippen MR) is 93.3 cm³/mol. The Morgan fingerprint density at radius 3 is 2.21 bits per heavy atom. The van der Waals surface area contributed by atoms with Gasteiger partial charge in [-0.2, -0.15) is 0 Å². The van der Waals surface area contributed by atoms with Gasteiger partial charge in [-0.05, 0) is 49.8 Å². The number of ether oxygens (including phenoxy) is 1. The zero-order chi connectivity index (χ0) is 17.5. The number of nitrogens with two attached hydrogens (primary N) is 1. The van der Waals surface area contributed by atoms with E-state index in [1.165, 1.54) is 6.08 Å². The molecule has 0 atom stereocenters. The van der Waals surface area contributed by atoms with E-state index in [9.17, 15) is 9.59 Å². The van der Waals surface area contributed by atoms with E-state index in [1.807, 2.05) is 19.9 Å². The van der Waals surface area contributed by atoms with Crippen LogP contribution in [0.1, 0.15) is 29.8 Å². The lowest BCUT2D eigenvalue weighted by Gasteiger charge is -2.10. The summed E-state index contributed by atoms with van der Waals surface area (Å²) < 4.78 is 5.56. The molecule has 2 aromatic rings. The van der Waals surface area contributed by atoms with Gasteiger partial charge in [0.2, 0.25) is 0 Å². The molecule has 124 valence electrons. The number of amides is 2. The molecule has 5 heteroatoms. The molecule has 2 aromatic carbocycles. The molecule has 3 N–H and O–H groups in total. The van der Waals surface area contributed by atoms with Crippen molar-refractivity contribution in [3.63, 3.8) is 0 Å². The molecule has 2 rings (SSSR count). The number of hydrogen-bond donors (Lipinski definition) is 2. The van der Waals surface area contributed by atoms with E-state index in [0.717, 1.165) is 11.3 Å². The molecule has 0 aliphatic rings. The molecule has 0 radical (unpaired) electrons. The molecule has 0 fully saturated rings. The summed E-state index contributed by atoms with van der Waals surface area (Å²) in [7, 11) is 0. The molecular weight excluding hydrogens is 304 g/mol. The summed E-state index contributed by atoms with van der Waals surface area (Å²) in [5.41, 5.74) is 6.57. The molecule has 5 nitrogen and oxygen atoms in total. The third-order valence-corrected chi connectivity index (χ3v) is 3.11. The van der Waals surface area contributed by atoms with Crippen molar-refractivity contribution >= 4 is 17.9 Å². The van der Waals surface area contributed by atoms with Crippen molar-refractivity contribution in [3.8, 4) is 5.75 Å². The zero-order valence-electron chi connectivity index (χ0n) is 13.7. The van der Waals surface area contributed by atoms with E-state index < -0.39 is 5.91 Å². The number of hydrogen-bond acceptors (Lipinski definition) is 3. The van der Waals surface area contributed by atoms with Crippen molar-refractivity contribution in [1.82, 2.24) is 5.32 Å². The van der Waals surface area contributed by atoms with Crippen LogP contribution >= 0.6 is 0 Å². The fourth-order valence-electron chi connectivity index (χ4n) is 2.03. The highest BCUT2D eigenvalue weighted by Crippen LogP contribution is 2.15. The Bertz CT molecular complexity index is 735. The Morgan fingerprint density at radius 2 is 1.67 bits per heavy atom. The summed E-state index contributed by atoms with van der Waals surface area (Å²) in [6, 6.07) is 15.8. The molecule has 0 bridgehead atoms. The minimum absolute atomic E-state index is 0.0291. The lowest BCUT2D eigenvalue weighted by molar-refractivity contribution is -0.114. The van der Waals surface area contributed by atoms with Crippen molar-refractivity contribution in [2.45, 2.75) is 20.0 Å². The standard InChI is InChI=1S/C19H20N2O3/c1-13(2)24-16-10-8-14(9-11-16)12-17(18(20)22)21-19(23)15-6-4-3-5-7-15/h3-13H,1-2H3,(H2,20,22)(H,21,23). The van der Waals surface area contributed by atoms with Crippen LogP contribution in [0.5, 0.6) is 5.75 Å². The molecule has 0 aliphatic carbocycles. The third-order valence-electron chi connectivity index (χ3n) is 3.11. The molecule has 0 unspecified atom stereocenters. The maximum Gasteiger partial charge on any atom is 0.265 e. The van der Waals surface area contributed by atoms with E-state index in [2.05, 4.69) is 5.32 Å². The zero-order valence-corrected chi connectivity index (χ0v) is 13.7. The van der Waals surface area contributed by atoms with E-state index in [4.69, 9.17) is 10.5 Å². The second-order valence-electron chi connectivity index (χ2n) is 5.48. The maximum atomic E-state index is 12.1. The molecule has 0 spiro atoms. The Kier molecular flexibility index (Phi) is 5.73. The van der Waals surface area contributed by atoms with Gasteiger partial charge in [0.1, 0.15) is 11.4 Å². The minimum atomic E-state index is -0.707. The average molecular weight is 324 g/mol. The van der Waals surface area contributed by atoms with E-state index >= 15 is 0 Å². The maximum absolute atomic E-state index is 12.1. The van der Waals surface area contributed by atoms with Crippen LogP contribution < -0.4 is 15.8 Å². The second-order valence-corrected chi connectivity index (χ2v) is 5.48. The molecular formula is C19H20N2O3. The van der Waals surface area contributed by atoms with Gasteiger partial charge in [-0.1, -0.05) is 30.3 Å². The van der Waals surface area contributed by atoms with Gasteiger partial charge in [-0.15, -0.1) is 0 Å².